The lowest BCUT2D eigenvalue weighted by Gasteiger charge is -2.14. The van der Waals surface area contributed by atoms with Crippen molar-refractivity contribution < 1.29 is 4.74 Å². The molecule has 0 aliphatic rings. The van der Waals surface area contributed by atoms with E-state index in [1.807, 2.05) is 26.0 Å². The average Bonchev–Trinajstić information content (AvgIpc) is 2.13. The quantitative estimate of drug-likeness (QED) is 0.838. The van der Waals surface area contributed by atoms with Crippen molar-refractivity contribution in [3.8, 4) is 5.75 Å². The summed E-state index contributed by atoms with van der Waals surface area (Å²) in [7, 11) is 1.66. The minimum atomic E-state index is 0.112. The third-order valence-electron chi connectivity index (χ3n) is 2.24. The summed E-state index contributed by atoms with van der Waals surface area (Å²) in [6.45, 7) is 3.96. The Morgan fingerprint density at radius 1 is 1.50 bits per heavy atom. The van der Waals surface area contributed by atoms with Gasteiger partial charge in [0.25, 0.3) is 0 Å². The number of methoxy groups -OCH3 is 1. The molecule has 0 aliphatic carbocycles. The third kappa shape index (κ3) is 2.40. The van der Waals surface area contributed by atoms with Gasteiger partial charge in [-0.05, 0) is 38.0 Å². The van der Waals surface area contributed by atoms with E-state index in [2.05, 4.69) is 0 Å². The van der Waals surface area contributed by atoms with Gasteiger partial charge in [-0.15, -0.1) is 0 Å². The molecular formula is C11H16ClNO. The van der Waals surface area contributed by atoms with Gasteiger partial charge in [0, 0.05) is 16.6 Å². The number of hydrogen-bond acceptors (Lipinski definition) is 2. The van der Waals surface area contributed by atoms with Crippen LogP contribution in [0.15, 0.2) is 12.1 Å². The van der Waals surface area contributed by atoms with E-state index in [0.717, 1.165) is 28.3 Å². The molecule has 0 amide bonds. The monoisotopic (exact) mass is 213 g/mol. The molecule has 0 radical (unpaired) electrons. The van der Waals surface area contributed by atoms with Crippen molar-refractivity contribution in [3.05, 3.63) is 28.3 Å². The molecule has 0 aromatic heterocycles. The van der Waals surface area contributed by atoms with E-state index in [-0.39, 0.29) is 6.04 Å². The molecule has 0 bridgehead atoms. The van der Waals surface area contributed by atoms with Gasteiger partial charge in [0.1, 0.15) is 5.75 Å². The van der Waals surface area contributed by atoms with E-state index in [1.54, 1.807) is 7.11 Å². The molecular weight excluding hydrogens is 198 g/mol. The van der Waals surface area contributed by atoms with Gasteiger partial charge in [-0.2, -0.15) is 0 Å². The largest absolute Gasteiger partial charge is 0.496 e. The van der Waals surface area contributed by atoms with Crippen LogP contribution in [0.2, 0.25) is 5.02 Å². The van der Waals surface area contributed by atoms with Crippen molar-refractivity contribution in [3.63, 3.8) is 0 Å². The highest BCUT2D eigenvalue weighted by atomic mass is 35.5. The van der Waals surface area contributed by atoms with Crippen LogP contribution >= 0.6 is 11.6 Å². The Labute approximate surface area is 90.0 Å². The standard InChI is InChI=1S/C11H16ClNO/c1-7(13)6-9-8(2)10(12)4-5-11(9)14-3/h4-5,7H,6,13H2,1-3H3. The highest BCUT2D eigenvalue weighted by Gasteiger charge is 2.10. The average molecular weight is 214 g/mol. The van der Waals surface area contributed by atoms with Crippen LogP contribution in [0.1, 0.15) is 18.1 Å². The van der Waals surface area contributed by atoms with Crippen molar-refractivity contribution in [1.82, 2.24) is 0 Å². The second-order valence-corrected chi connectivity index (χ2v) is 3.94. The van der Waals surface area contributed by atoms with Gasteiger partial charge in [-0.3, -0.25) is 0 Å². The molecule has 1 rings (SSSR count). The van der Waals surface area contributed by atoms with Crippen LogP contribution in [0.25, 0.3) is 0 Å². The Bertz CT molecular complexity index is 323. The molecule has 1 aromatic carbocycles. The Balaban J connectivity index is 3.14. The summed E-state index contributed by atoms with van der Waals surface area (Å²) in [5.41, 5.74) is 7.93. The second-order valence-electron chi connectivity index (χ2n) is 3.53. The number of ether oxygens (including phenoxy) is 1. The Morgan fingerprint density at radius 3 is 2.64 bits per heavy atom. The van der Waals surface area contributed by atoms with Crippen molar-refractivity contribution >= 4 is 11.6 Å². The van der Waals surface area contributed by atoms with Crippen LogP contribution in [0.3, 0.4) is 0 Å². The summed E-state index contributed by atoms with van der Waals surface area (Å²) in [5, 5.41) is 0.765. The fourth-order valence-corrected chi connectivity index (χ4v) is 1.65. The maximum Gasteiger partial charge on any atom is 0.122 e. The zero-order valence-corrected chi connectivity index (χ0v) is 9.56. The molecule has 0 heterocycles. The predicted octanol–water partition coefficient (Wildman–Crippen LogP) is 2.55. The van der Waals surface area contributed by atoms with Gasteiger partial charge in [-0.25, -0.2) is 0 Å². The summed E-state index contributed by atoms with van der Waals surface area (Å²) < 4.78 is 5.27. The van der Waals surface area contributed by atoms with Gasteiger partial charge in [0.2, 0.25) is 0 Å². The minimum absolute atomic E-state index is 0.112. The first-order chi connectivity index (χ1) is 6.56. The molecule has 1 unspecified atom stereocenters. The number of benzene rings is 1. The maximum absolute atomic E-state index is 6.03. The number of nitrogens with two attached hydrogens (primary N) is 1. The molecule has 14 heavy (non-hydrogen) atoms. The molecule has 0 fully saturated rings. The first kappa shape index (κ1) is 11.3. The zero-order valence-electron chi connectivity index (χ0n) is 8.80. The molecule has 0 spiro atoms. The predicted molar refractivity (Wildman–Crippen MR) is 60.1 cm³/mol. The first-order valence-electron chi connectivity index (χ1n) is 4.63. The van der Waals surface area contributed by atoms with E-state index in [1.165, 1.54) is 0 Å². The molecule has 1 atom stereocenters. The molecule has 2 N–H and O–H groups in total. The lowest BCUT2D eigenvalue weighted by atomic mass is 10.0. The van der Waals surface area contributed by atoms with Gasteiger partial charge in [0.05, 0.1) is 7.11 Å². The van der Waals surface area contributed by atoms with Crippen LogP contribution in [0.4, 0.5) is 0 Å². The van der Waals surface area contributed by atoms with Gasteiger partial charge < -0.3 is 10.5 Å². The summed E-state index contributed by atoms with van der Waals surface area (Å²) >= 11 is 6.03. The minimum Gasteiger partial charge on any atom is -0.496 e. The number of rotatable bonds is 3. The van der Waals surface area contributed by atoms with Crippen molar-refractivity contribution in [2.24, 2.45) is 5.73 Å². The first-order valence-corrected chi connectivity index (χ1v) is 5.01. The van der Waals surface area contributed by atoms with Gasteiger partial charge in [-0.1, -0.05) is 11.6 Å². The van der Waals surface area contributed by atoms with Gasteiger partial charge >= 0.3 is 0 Å². The van der Waals surface area contributed by atoms with E-state index < -0.39 is 0 Å². The summed E-state index contributed by atoms with van der Waals surface area (Å²) in [6.07, 6.45) is 0.787. The van der Waals surface area contributed by atoms with Crippen LogP contribution in [0.5, 0.6) is 5.75 Å². The third-order valence-corrected chi connectivity index (χ3v) is 2.64. The smallest absolute Gasteiger partial charge is 0.122 e. The molecule has 0 saturated heterocycles. The molecule has 2 nitrogen and oxygen atoms in total. The highest BCUT2D eigenvalue weighted by Crippen LogP contribution is 2.28. The highest BCUT2D eigenvalue weighted by molar-refractivity contribution is 6.31. The van der Waals surface area contributed by atoms with Crippen LogP contribution in [-0.2, 0) is 6.42 Å². The maximum atomic E-state index is 6.03. The molecule has 0 saturated carbocycles. The van der Waals surface area contributed by atoms with E-state index in [0.29, 0.717) is 0 Å². The molecule has 78 valence electrons. The SMILES string of the molecule is COc1ccc(Cl)c(C)c1CC(C)N. The molecule has 3 heteroatoms. The van der Waals surface area contributed by atoms with Crippen LogP contribution in [-0.4, -0.2) is 13.2 Å². The fourth-order valence-electron chi connectivity index (χ4n) is 1.47. The van der Waals surface area contributed by atoms with Crippen molar-refractivity contribution in [1.29, 1.82) is 0 Å². The fraction of sp³-hybridized carbons (Fsp3) is 0.455. The van der Waals surface area contributed by atoms with Crippen LogP contribution < -0.4 is 10.5 Å². The lowest BCUT2D eigenvalue weighted by molar-refractivity contribution is 0.408. The van der Waals surface area contributed by atoms with Crippen LogP contribution in [0, 0.1) is 6.92 Å². The summed E-state index contributed by atoms with van der Waals surface area (Å²) in [5.74, 6) is 0.865. The van der Waals surface area contributed by atoms with E-state index in [9.17, 15) is 0 Å². The van der Waals surface area contributed by atoms with E-state index >= 15 is 0 Å². The van der Waals surface area contributed by atoms with Crippen molar-refractivity contribution in [2.75, 3.05) is 7.11 Å². The van der Waals surface area contributed by atoms with E-state index in [4.69, 9.17) is 22.1 Å². The molecule has 1 aromatic rings. The number of hydrogen-bond donors (Lipinski definition) is 1. The summed E-state index contributed by atoms with van der Waals surface area (Å²) in [4.78, 5) is 0. The topological polar surface area (TPSA) is 35.2 Å². The summed E-state index contributed by atoms with van der Waals surface area (Å²) in [6, 6.07) is 3.84. The molecule has 0 aliphatic heterocycles. The van der Waals surface area contributed by atoms with Gasteiger partial charge in [0.15, 0.2) is 0 Å². The number of halogens is 1. The second kappa shape index (κ2) is 4.67. The normalized spacial score (nSPS) is 12.6. The van der Waals surface area contributed by atoms with Crippen molar-refractivity contribution in [2.45, 2.75) is 26.3 Å². The Hall–Kier alpha value is -0.730. The Morgan fingerprint density at radius 2 is 2.14 bits per heavy atom. The Kier molecular flexibility index (Phi) is 3.78. The lowest BCUT2D eigenvalue weighted by Crippen LogP contribution is -2.19. The zero-order chi connectivity index (χ0) is 10.7.